The van der Waals surface area contributed by atoms with Gasteiger partial charge in [0.1, 0.15) is 0 Å². The lowest BCUT2D eigenvalue weighted by atomic mass is 9.79. The molecule has 108 valence electrons. The Morgan fingerprint density at radius 2 is 1.56 bits per heavy atom. The maximum absolute atomic E-state index is 6.38. The molecular formula is C16H34OSi. The molecule has 1 unspecified atom stereocenters. The molecule has 0 aliphatic rings. The van der Waals surface area contributed by atoms with Crippen molar-refractivity contribution in [1.29, 1.82) is 0 Å². The third kappa shape index (κ3) is 5.70. The van der Waals surface area contributed by atoms with Crippen molar-refractivity contribution < 1.29 is 4.43 Å². The normalized spacial score (nSPS) is 16.3. The van der Waals surface area contributed by atoms with E-state index in [4.69, 9.17) is 4.43 Å². The molecule has 0 amide bonds. The van der Waals surface area contributed by atoms with E-state index in [2.05, 4.69) is 73.7 Å². The molecule has 1 nitrogen and oxygen atoms in total. The summed E-state index contributed by atoms with van der Waals surface area (Å²) in [5.74, 6) is 0.600. The van der Waals surface area contributed by atoms with Gasteiger partial charge in [0.2, 0.25) is 0 Å². The van der Waals surface area contributed by atoms with Gasteiger partial charge in [-0.25, -0.2) is 0 Å². The minimum Gasteiger partial charge on any atom is -0.417 e. The fourth-order valence-electron chi connectivity index (χ4n) is 1.50. The molecule has 0 aliphatic heterocycles. The van der Waals surface area contributed by atoms with Gasteiger partial charge in [-0.05, 0) is 42.8 Å². The van der Waals surface area contributed by atoms with Crippen LogP contribution in [0, 0.1) is 11.3 Å². The maximum Gasteiger partial charge on any atom is 0.191 e. The van der Waals surface area contributed by atoms with Crippen LogP contribution in [0.3, 0.4) is 0 Å². The third-order valence-corrected chi connectivity index (χ3v) is 8.83. The van der Waals surface area contributed by atoms with E-state index < -0.39 is 8.32 Å². The van der Waals surface area contributed by atoms with E-state index in [1.807, 2.05) is 0 Å². The smallest absolute Gasteiger partial charge is 0.191 e. The van der Waals surface area contributed by atoms with Crippen LogP contribution in [0.1, 0.15) is 54.9 Å². The van der Waals surface area contributed by atoms with Crippen LogP contribution in [0.15, 0.2) is 12.2 Å². The summed E-state index contributed by atoms with van der Waals surface area (Å²) in [6, 6.07) is 0. The summed E-state index contributed by atoms with van der Waals surface area (Å²) in [5.41, 5.74) is 0.307. The van der Waals surface area contributed by atoms with E-state index in [9.17, 15) is 0 Å². The second kappa shape index (κ2) is 6.38. The fourth-order valence-corrected chi connectivity index (χ4v) is 2.55. The van der Waals surface area contributed by atoms with Crippen molar-refractivity contribution in [3.8, 4) is 0 Å². The molecule has 0 spiro atoms. The first kappa shape index (κ1) is 17.9. The largest absolute Gasteiger partial charge is 0.417 e. The molecule has 18 heavy (non-hydrogen) atoms. The fraction of sp³-hybridized carbons (Fsp3) is 0.875. The Bertz CT molecular complexity index is 266. The van der Waals surface area contributed by atoms with Crippen LogP contribution in [0.2, 0.25) is 18.1 Å². The molecule has 0 fully saturated rings. The van der Waals surface area contributed by atoms with E-state index in [1.165, 1.54) is 0 Å². The summed E-state index contributed by atoms with van der Waals surface area (Å²) in [7, 11) is -1.61. The molecule has 0 rings (SSSR count). The van der Waals surface area contributed by atoms with Crippen molar-refractivity contribution in [2.24, 2.45) is 11.3 Å². The molecule has 0 aliphatic carbocycles. The van der Waals surface area contributed by atoms with Gasteiger partial charge in [0.15, 0.2) is 8.32 Å². The Labute approximate surface area is 116 Å². The number of rotatable bonds is 5. The molecule has 0 radical (unpaired) electrons. The maximum atomic E-state index is 6.38. The lowest BCUT2D eigenvalue weighted by molar-refractivity contribution is 0.138. The molecule has 0 bridgehead atoms. The van der Waals surface area contributed by atoms with Crippen molar-refractivity contribution in [2.45, 2.75) is 73.0 Å². The van der Waals surface area contributed by atoms with Crippen molar-refractivity contribution in [3.63, 3.8) is 0 Å². The predicted molar refractivity (Wildman–Crippen MR) is 85.5 cm³/mol. The Kier molecular flexibility index (Phi) is 6.35. The first-order valence-electron chi connectivity index (χ1n) is 7.17. The zero-order chi connectivity index (χ0) is 14.6. The van der Waals surface area contributed by atoms with Crippen LogP contribution in [-0.4, -0.2) is 14.9 Å². The van der Waals surface area contributed by atoms with Crippen LogP contribution in [-0.2, 0) is 4.43 Å². The van der Waals surface area contributed by atoms with E-state index >= 15 is 0 Å². The average Bonchev–Trinajstić information content (AvgIpc) is 2.13. The van der Waals surface area contributed by atoms with Crippen molar-refractivity contribution in [3.05, 3.63) is 12.2 Å². The molecule has 0 N–H and O–H groups in total. The van der Waals surface area contributed by atoms with Crippen LogP contribution in [0.5, 0.6) is 0 Å². The highest BCUT2D eigenvalue weighted by atomic mass is 28.4. The highest BCUT2D eigenvalue weighted by Crippen LogP contribution is 2.38. The minimum absolute atomic E-state index is 0.302. The van der Waals surface area contributed by atoms with Gasteiger partial charge < -0.3 is 4.43 Å². The van der Waals surface area contributed by atoms with Crippen molar-refractivity contribution in [2.75, 3.05) is 6.61 Å². The Morgan fingerprint density at radius 3 is 1.89 bits per heavy atom. The molecule has 0 heterocycles. The summed E-state index contributed by atoms with van der Waals surface area (Å²) in [6.07, 6.45) is 5.53. The molecule has 0 aromatic carbocycles. The third-order valence-electron chi connectivity index (χ3n) is 4.33. The van der Waals surface area contributed by atoms with Gasteiger partial charge in [-0.3, -0.25) is 0 Å². The van der Waals surface area contributed by atoms with Gasteiger partial charge in [0, 0.05) is 6.61 Å². The summed E-state index contributed by atoms with van der Waals surface area (Å²) in [5, 5.41) is 0.302. The van der Waals surface area contributed by atoms with Gasteiger partial charge >= 0.3 is 0 Å². The average molecular weight is 271 g/mol. The van der Waals surface area contributed by atoms with Gasteiger partial charge in [0.05, 0.1) is 0 Å². The molecule has 0 aromatic heterocycles. The molecule has 1 atom stereocenters. The van der Waals surface area contributed by atoms with E-state index in [-0.39, 0.29) is 0 Å². The topological polar surface area (TPSA) is 9.23 Å². The van der Waals surface area contributed by atoms with Crippen LogP contribution >= 0.6 is 0 Å². The highest BCUT2D eigenvalue weighted by molar-refractivity contribution is 6.74. The second-order valence-electron chi connectivity index (χ2n) is 7.94. The van der Waals surface area contributed by atoms with Gasteiger partial charge in [0.25, 0.3) is 0 Å². The first-order chi connectivity index (χ1) is 7.92. The van der Waals surface area contributed by atoms with Crippen LogP contribution in [0.4, 0.5) is 0 Å². The Hall–Kier alpha value is -0.0831. The van der Waals surface area contributed by atoms with Gasteiger partial charge in [-0.15, -0.1) is 0 Å². The minimum atomic E-state index is -1.61. The predicted octanol–water partition coefficient (Wildman–Crippen LogP) is 5.64. The molecular weight excluding hydrogens is 236 g/mol. The van der Waals surface area contributed by atoms with E-state index in [1.54, 1.807) is 0 Å². The lowest BCUT2D eigenvalue weighted by Gasteiger charge is -2.39. The number of hydrogen-bond donors (Lipinski definition) is 0. The zero-order valence-electron chi connectivity index (χ0n) is 14.1. The lowest BCUT2D eigenvalue weighted by Crippen LogP contribution is -2.43. The SMILES string of the molecule is C/C=C\CC(CO[Si](C)(C)C(C)(C)C)C(C)(C)C. The van der Waals surface area contributed by atoms with E-state index in [0.29, 0.717) is 16.4 Å². The number of hydrogen-bond acceptors (Lipinski definition) is 1. The molecule has 0 saturated carbocycles. The first-order valence-corrected chi connectivity index (χ1v) is 10.1. The number of allylic oxidation sites excluding steroid dienone is 2. The van der Waals surface area contributed by atoms with Gasteiger partial charge in [-0.2, -0.15) is 0 Å². The standard InChI is InChI=1S/C16H34OSi/c1-10-11-12-14(15(2,3)4)13-17-18(8,9)16(5,6)7/h10-11,14H,12-13H2,1-9H3/b11-10-. The Morgan fingerprint density at radius 1 is 1.06 bits per heavy atom. The Balaban J connectivity index is 4.63. The molecule has 2 heteroatoms. The summed E-state index contributed by atoms with van der Waals surface area (Å²) < 4.78 is 6.38. The summed E-state index contributed by atoms with van der Waals surface area (Å²) >= 11 is 0. The van der Waals surface area contributed by atoms with Crippen molar-refractivity contribution in [1.82, 2.24) is 0 Å². The summed E-state index contributed by atoms with van der Waals surface area (Å²) in [6.45, 7) is 21.5. The van der Waals surface area contributed by atoms with Gasteiger partial charge in [-0.1, -0.05) is 53.7 Å². The highest BCUT2D eigenvalue weighted by Gasteiger charge is 2.38. The molecule has 0 saturated heterocycles. The second-order valence-corrected chi connectivity index (χ2v) is 12.7. The van der Waals surface area contributed by atoms with Crippen molar-refractivity contribution >= 4 is 8.32 Å². The van der Waals surface area contributed by atoms with Crippen LogP contribution in [0.25, 0.3) is 0 Å². The summed E-state index contributed by atoms with van der Waals surface area (Å²) in [4.78, 5) is 0. The molecule has 0 aromatic rings. The monoisotopic (exact) mass is 270 g/mol. The zero-order valence-corrected chi connectivity index (χ0v) is 15.1. The van der Waals surface area contributed by atoms with E-state index in [0.717, 1.165) is 13.0 Å². The quantitative estimate of drug-likeness (QED) is 0.464. The van der Waals surface area contributed by atoms with Crippen LogP contribution < -0.4 is 0 Å².